The molecule has 156 valence electrons. The van der Waals surface area contributed by atoms with Gasteiger partial charge >= 0.3 is 0 Å². The third-order valence-electron chi connectivity index (χ3n) is 5.50. The molecular formula is C23H24N2O4S. The van der Waals surface area contributed by atoms with Crippen LogP contribution in [0.5, 0.6) is 0 Å². The highest BCUT2D eigenvalue weighted by Gasteiger charge is 2.31. The lowest BCUT2D eigenvalue weighted by molar-refractivity contribution is -0.118. The molecule has 1 amide bonds. The van der Waals surface area contributed by atoms with Crippen LogP contribution in [-0.4, -0.2) is 31.3 Å². The Balaban J connectivity index is 1.55. The average molecular weight is 425 g/mol. The summed E-state index contributed by atoms with van der Waals surface area (Å²) in [5.41, 5.74) is 4.01. The van der Waals surface area contributed by atoms with Gasteiger partial charge in [0.1, 0.15) is 0 Å². The molecule has 3 aromatic rings. The largest absolute Gasteiger partial charge is 0.356 e. The normalized spacial score (nSPS) is 16.0. The van der Waals surface area contributed by atoms with Gasteiger partial charge in [0.25, 0.3) is 0 Å². The molecule has 4 rings (SSSR count). The second kappa shape index (κ2) is 7.72. The zero-order valence-electron chi connectivity index (χ0n) is 17.3. The number of hydrogen-bond donors (Lipinski definition) is 0. The van der Waals surface area contributed by atoms with Crippen LogP contribution in [0.1, 0.15) is 30.2 Å². The van der Waals surface area contributed by atoms with E-state index in [1.165, 1.54) is 0 Å². The number of aryl methyl sites for hydroxylation is 2. The Labute approximate surface area is 176 Å². The van der Waals surface area contributed by atoms with Crippen LogP contribution in [0, 0.1) is 13.8 Å². The highest BCUT2D eigenvalue weighted by Crippen LogP contribution is 2.33. The number of carbonyl (C=O) groups is 1. The number of anilines is 1. The quantitative estimate of drug-likeness (QED) is 0.616. The minimum Gasteiger partial charge on any atom is -0.356 e. The number of hydrogen-bond acceptors (Lipinski definition) is 5. The van der Waals surface area contributed by atoms with Crippen LogP contribution in [0.4, 0.5) is 5.69 Å². The number of sulfone groups is 1. The summed E-state index contributed by atoms with van der Waals surface area (Å²) in [4.78, 5) is 14.9. The summed E-state index contributed by atoms with van der Waals surface area (Å²) in [7, 11) is -3.64. The minimum atomic E-state index is -3.64. The van der Waals surface area contributed by atoms with Gasteiger partial charge in [-0.3, -0.25) is 4.79 Å². The van der Waals surface area contributed by atoms with Gasteiger partial charge in [-0.1, -0.05) is 35.5 Å². The fraction of sp³-hybridized carbons (Fsp3) is 0.304. The molecule has 2 heterocycles. The van der Waals surface area contributed by atoms with Gasteiger partial charge in [-0.25, -0.2) is 8.42 Å². The molecule has 0 aliphatic carbocycles. The number of para-hydroxylation sites is 1. The number of carbonyl (C=O) groups excluding carboxylic acids is 1. The number of rotatable bonds is 5. The number of amides is 1. The van der Waals surface area contributed by atoms with Gasteiger partial charge in [-0.15, -0.1) is 0 Å². The lowest BCUT2D eigenvalue weighted by atomic mass is 10.1. The molecule has 1 aromatic heterocycles. The third kappa shape index (κ3) is 3.77. The summed E-state index contributed by atoms with van der Waals surface area (Å²) in [6.45, 7) is 5.55. The molecule has 30 heavy (non-hydrogen) atoms. The molecule has 0 unspecified atom stereocenters. The fourth-order valence-corrected chi connectivity index (χ4v) is 5.51. The van der Waals surface area contributed by atoms with Crippen LogP contribution < -0.4 is 4.90 Å². The van der Waals surface area contributed by atoms with Crippen molar-refractivity contribution in [3.8, 4) is 11.3 Å². The van der Waals surface area contributed by atoms with Crippen molar-refractivity contribution in [3.63, 3.8) is 0 Å². The Hall–Kier alpha value is -2.93. The average Bonchev–Trinajstić information content (AvgIpc) is 3.28. The van der Waals surface area contributed by atoms with Crippen molar-refractivity contribution in [2.45, 2.75) is 44.6 Å². The molecule has 0 fully saturated rings. The fourth-order valence-electron chi connectivity index (χ4n) is 3.99. The van der Waals surface area contributed by atoms with E-state index in [2.05, 4.69) is 5.16 Å². The maximum Gasteiger partial charge on any atom is 0.228 e. The summed E-state index contributed by atoms with van der Waals surface area (Å²) < 4.78 is 31.4. The van der Waals surface area contributed by atoms with Crippen molar-refractivity contribution in [2.24, 2.45) is 0 Å². The van der Waals surface area contributed by atoms with Crippen LogP contribution in [0.15, 0.2) is 57.9 Å². The maximum absolute atomic E-state index is 13.1. The van der Waals surface area contributed by atoms with Crippen LogP contribution in [0.25, 0.3) is 11.3 Å². The predicted octanol–water partition coefficient (Wildman–Crippen LogP) is 4.10. The smallest absolute Gasteiger partial charge is 0.228 e. The van der Waals surface area contributed by atoms with Gasteiger partial charge in [-0.05, 0) is 50.5 Å². The van der Waals surface area contributed by atoms with Crippen molar-refractivity contribution in [3.05, 3.63) is 65.4 Å². The lowest BCUT2D eigenvalue weighted by Gasteiger charge is -2.22. The van der Waals surface area contributed by atoms with E-state index in [4.69, 9.17) is 4.52 Å². The second-order valence-corrected chi connectivity index (χ2v) is 9.90. The van der Waals surface area contributed by atoms with Crippen LogP contribution in [0.3, 0.4) is 0 Å². The van der Waals surface area contributed by atoms with Crippen molar-refractivity contribution >= 4 is 21.4 Å². The van der Waals surface area contributed by atoms with E-state index in [0.717, 1.165) is 23.4 Å². The van der Waals surface area contributed by atoms with Gasteiger partial charge in [0.15, 0.2) is 15.6 Å². The van der Waals surface area contributed by atoms with Crippen LogP contribution in [-0.2, 0) is 21.1 Å². The molecule has 0 bridgehead atoms. The van der Waals surface area contributed by atoms with E-state index >= 15 is 0 Å². The highest BCUT2D eigenvalue weighted by molar-refractivity contribution is 7.91. The van der Waals surface area contributed by atoms with Crippen molar-refractivity contribution in [1.82, 2.24) is 5.16 Å². The highest BCUT2D eigenvalue weighted by atomic mass is 32.2. The Morgan fingerprint density at radius 1 is 1.17 bits per heavy atom. The van der Waals surface area contributed by atoms with Crippen molar-refractivity contribution < 1.29 is 17.7 Å². The monoisotopic (exact) mass is 424 g/mol. The van der Waals surface area contributed by atoms with E-state index in [1.807, 2.05) is 44.2 Å². The third-order valence-corrected chi connectivity index (χ3v) is 7.35. The van der Waals surface area contributed by atoms with Gasteiger partial charge in [-0.2, -0.15) is 0 Å². The standard InChI is InChI=1S/C23H24N2O4S/c1-15-8-9-19(21-12-16(2)24-29-21)14-22(15)30(27,28)11-10-23(26)25-17(3)13-18-6-4-5-7-20(18)25/h4-9,12,14,17H,10-11,13H2,1-3H3/t17-/m1/s1. The summed E-state index contributed by atoms with van der Waals surface area (Å²) >= 11 is 0. The van der Waals surface area contributed by atoms with E-state index in [0.29, 0.717) is 16.9 Å². The van der Waals surface area contributed by atoms with E-state index in [-0.39, 0.29) is 29.0 Å². The molecule has 1 aliphatic heterocycles. The SMILES string of the molecule is Cc1cc(-c2ccc(C)c(S(=O)(=O)CCC(=O)N3c4ccccc4C[C@H]3C)c2)on1. The summed E-state index contributed by atoms with van der Waals surface area (Å²) in [6.07, 6.45) is 0.721. The first-order valence-corrected chi connectivity index (χ1v) is 11.6. The zero-order chi connectivity index (χ0) is 21.5. The molecule has 0 saturated carbocycles. The van der Waals surface area contributed by atoms with Crippen molar-refractivity contribution in [2.75, 3.05) is 10.7 Å². The predicted molar refractivity (Wildman–Crippen MR) is 115 cm³/mol. The molecule has 1 atom stereocenters. The Morgan fingerprint density at radius 3 is 2.67 bits per heavy atom. The van der Waals surface area contributed by atoms with E-state index in [1.54, 1.807) is 30.0 Å². The molecule has 0 spiro atoms. The van der Waals surface area contributed by atoms with Gasteiger partial charge in [0.05, 0.1) is 16.3 Å². The van der Waals surface area contributed by atoms with Crippen molar-refractivity contribution in [1.29, 1.82) is 0 Å². The molecule has 1 aliphatic rings. The maximum atomic E-state index is 13.1. The first-order valence-electron chi connectivity index (χ1n) is 9.93. The lowest BCUT2D eigenvalue weighted by Crippen LogP contribution is -2.36. The molecular weight excluding hydrogens is 400 g/mol. The van der Waals surface area contributed by atoms with E-state index in [9.17, 15) is 13.2 Å². The number of aromatic nitrogens is 1. The molecule has 0 radical (unpaired) electrons. The first-order chi connectivity index (χ1) is 14.3. The number of fused-ring (bicyclic) bond motifs is 1. The van der Waals surface area contributed by atoms with E-state index < -0.39 is 9.84 Å². The van der Waals surface area contributed by atoms with Gasteiger partial charge in [0.2, 0.25) is 5.91 Å². The number of nitrogens with zero attached hydrogens (tertiary/aromatic N) is 2. The van der Waals surface area contributed by atoms with Gasteiger partial charge in [0, 0.05) is 29.8 Å². The Morgan fingerprint density at radius 2 is 1.93 bits per heavy atom. The topological polar surface area (TPSA) is 80.5 Å². The molecule has 0 N–H and O–H groups in total. The van der Waals surface area contributed by atoms with Crippen LogP contribution >= 0.6 is 0 Å². The summed E-state index contributed by atoms with van der Waals surface area (Å²) in [6, 6.07) is 14.7. The minimum absolute atomic E-state index is 0.0253. The molecule has 2 aromatic carbocycles. The molecule has 7 heteroatoms. The Bertz CT molecular complexity index is 1210. The summed E-state index contributed by atoms with van der Waals surface area (Å²) in [5.74, 6) is 0.106. The zero-order valence-corrected chi connectivity index (χ0v) is 18.1. The molecule has 6 nitrogen and oxygen atoms in total. The molecule has 0 saturated heterocycles. The van der Waals surface area contributed by atoms with Gasteiger partial charge < -0.3 is 9.42 Å². The number of benzene rings is 2. The summed E-state index contributed by atoms with van der Waals surface area (Å²) in [5, 5.41) is 3.86. The van der Waals surface area contributed by atoms with Crippen LogP contribution in [0.2, 0.25) is 0 Å². The first kappa shape index (κ1) is 20.3. The second-order valence-electron chi connectivity index (χ2n) is 7.83. The Kier molecular flexibility index (Phi) is 5.24.